The summed E-state index contributed by atoms with van der Waals surface area (Å²) in [6.07, 6.45) is 1.37. The van der Waals surface area contributed by atoms with Gasteiger partial charge in [0.15, 0.2) is 17.3 Å². The van der Waals surface area contributed by atoms with Crippen LogP contribution in [0.2, 0.25) is 0 Å². The fourth-order valence-electron chi connectivity index (χ4n) is 3.14. The third-order valence-corrected chi connectivity index (χ3v) is 5.11. The molecule has 4 aromatic rings. The zero-order chi connectivity index (χ0) is 22.0. The third-order valence-electron chi connectivity index (χ3n) is 4.62. The average Bonchev–Trinajstić information content (AvgIpc) is 2.76. The van der Waals surface area contributed by atoms with Crippen molar-refractivity contribution in [2.75, 3.05) is 12.1 Å². The predicted octanol–water partition coefficient (Wildman–Crippen LogP) is 4.83. The van der Waals surface area contributed by atoms with Crippen LogP contribution >= 0.6 is 15.9 Å². The van der Waals surface area contributed by atoms with Gasteiger partial charge in [-0.2, -0.15) is 0 Å². The Balaban J connectivity index is 1.71. The number of nitrogens with two attached hydrogens (primary N) is 1. The highest BCUT2D eigenvalue weighted by atomic mass is 79.9. The molecule has 2 aromatic carbocycles. The molecule has 2 heterocycles. The van der Waals surface area contributed by atoms with Crippen LogP contribution in [0.15, 0.2) is 59.3 Å². The van der Waals surface area contributed by atoms with Gasteiger partial charge < -0.3 is 9.47 Å². The first-order valence-corrected chi connectivity index (χ1v) is 10.1. The summed E-state index contributed by atoms with van der Waals surface area (Å²) in [5.74, 6) is 7.04. The Morgan fingerprint density at radius 3 is 2.68 bits per heavy atom. The summed E-state index contributed by atoms with van der Waals surface area (Å²) in [5, 5.41) is 1.77. The molecule has 2 aromatic heterocycles. The van der Waals surface area contributed by atoms with E-state index in [-0.39, 0.29) is 12.3 Å². The van der Waals surface area contributed by atoms with Gasteiger partial charge in [0.2, 0.25) is 0 Å². The number of benzene rings is 2. The quantitative estimate of drug-likeness (QED) is 0.310. The molecule has 31 heavy (non-hydrogen) atoms. The highest BCUT2D eigenvalue weighted by molar-refractivity contribution is 9.10. The normalized spacial score (nSPS) is 10.9. The molecule has 0 saturated carbocycles. The first-order chi connectivity index (χ1) is 15.0. The molecule has 0 spiro atoms. The first-order valence-electron chi connectivity index (χ1n) is 9.34. The van der Waals surface area contributed by atoms with Crippen molar-refractivity contribution in [2.24, 2.45) is 5.84 Å². The minimum absolute atomic E-state index is 0.174. The lowest BCUT2D eigenvalue weighted by Gasteiger charge is -2.20. The number of methoxy groups -OCH3 is 1. The van der Waals surface area contributed by atoms with E-state index in [4.69, 9.17) is 15.3 Å². The van der Waals surface area contributed by atoms with Crippen molar-refractivity contribution in [3.05, 3.63) is 76.5 Å². The van der Waals surface area contributed by atoms with Gasteiger partial charge in [-0.3, -0.25) is 9.99 Å². The van der Waals surface area contributed by atoms with Crippen LogP contribution in [0.25, 0.3) is 10.9 Å². The topological polar surface area (TPSA) is 86.4 Å². The maximum absolute atomic E-state index is 14.4. The highest BCUT2D eigenvalue weighted by Gasteiger charge is 2.18. The number of aromatic nitrogens is 3. The number of fused-ring (bicyclic) bond motifs is 1. The second-order valence-corrected chi connectivity index (χ2v) is 7.66. The number of halogens is 2. The van der Waals surface area contributed by atoms with Crippen molar-refractivity contribution in [3.8, 4) is 11.5 Å². The SMILES string of the molecule is COc1cc2c(N(N)c3ccc(Br)cc3F)ncnc2cc1OCc1cccc(C)n1. The predicted molar refractivity (Wildman–Crippen MR) is 120 cm³/mol. The van der Waals surface area contributed by atoms with Gasteiger partial charge >= 0.3 is 0 Å². The minimum atomic E-state index is -0.485. The number of hydrogen-bond donors (Lipinski definition) is 1. The molecule has 4 rings (SSSR count). The summed E-state index contributed by atoms with van der Waals surface area (Å²) in [4.78, 5) is 13.0. The van der Waals surface area contributed by atoms with Crippen molar-refractivity contribution in [2.45, 2.75) is 13.5 Å². The Labute approximate surface area is 186 Å². The molecule has 158 valence electrons. The maximum atomic E-state index is 14.4. The molecule has 0 aliphatic heterocycles. The first kappa shape index (κ1) is 21.0. The minimum Gasteiger partial charge on any atom is -0.493 e. The summed E-state index contributed by atoms with van der Waals surface area (Å²) < 4.78 is 26.5. The second kappa shape index (κ2) is 8.83. The van der Waals surface area contributed by atoms with E-state index in [0.29, 0.717) is 32.7 Å². The molecule has 0 bridgehead atoms. The van der Waals surface area contributed by atoms with Gasteiger partial charge in [0.1, 0.15) is 18.8 Å². The molecule has 0 saturated heterocycles. The number of hydrazine groups is 1. The Kier molecular flexibility index (Phi) is 5.97. The van der Waals surface area contributed by atoms with Crippen LogP contribution in [0.1, 0.15) is 11.4 Å². The van der Waals surface area contributed by atoms with E-state index in [1.165, 1.54) is 24.5 Å². The van der Waals surface area contributed by atoms with E-state index >= 15 is 0 Å². The van der Waals surface area contributed by atoms with Gasteiger partial charge in [-0.25, -0.2) is 20.2 Å². The Hall–Kier alpha value is -3.30. The fourth-order valence-corrected chi connectivity index (χ4v) is 3.47. The van der Waals surface area contributed by atoms with Crippen LogP contribution in [-0.2, 0) is 6.61 Å². The summed E-state index contributed by atoms with van der Waals surface area (Å²) in [7, 11) is 1.54. The van der Waals surface area contributed by atoms with Gasteiger partial charge in [-0.15, -0.1) is 0 Å². The number of anilines is 2. The van der Waals surface area contributed by atoms with Gasteiger partial charge in [0, 0.05) is 21.6 Å². The number of nitrogens with zero attached hydrogens (tertiary/aromatic N) is 4. The average molecular weight is 484 g/mol. The Morgan fingerprint density at radius 1 is 1.10 bits per heavy atom. The molecule has 7 nitrogen and oxygen atoms in total. The number of aryl methyl sites for hydroxylation is 1. The zero-order valence-electron chi connectivity index (χ0n) is 16.8. The largest absolute Gasteiger partial charge is 0.493 e. The Bertz CT molecular complexity index is 1250. The lowest BCUT2D eigenvalue weighted by atomic mass is 10.2. The van der Waals surface area contributed by atoms with Crippen LogP contribution in [0.4, 0.5) is 15.9 Å². The van der Waals surface area contributed by atoms with Crippen molar-refractivity contribution in [3.63, 3.8) is 0 Å². The Morgan fingerprint density at radius 2 is 1.94 bits per heavy atom. The van der Waals surface area contributed by atoms with Crippen LogP contribution < -0.4 is 20.3 Å². The molecular weight excluding hydrogens is 465 g/mol. The van der Waals surface area contributed by atoms with E-state index in [0.717, 1.165) is 11.4 Å². The third kappa shape index (κ3) is 4.42. The van der Waals surface area contributed by atoms with Gasteiger partial charge in [-0.05, 0) is 43.3 Å². The molecule has 0 unspecified atom stereocenters. The van der Waals surface area contributed by atoms with Crippen LogP contribution in [0.3, 0.4) is 0 Å². The smallest absolute Gasteiger partial charge is 0.163 e. The van der Waals surface area contributed by atoms with E-state index in [1.54, 1.807) is 24.3 Å². The van der Waals surface area contributed by atoms with Crippen LogP contribution in [-0.4, -0.2) is 22.1 Å². The maximum Gasteiger partial charge on any atom is 0.163 e. The summed E-state index contributed by atoms with van der Waals surface area (Å²) >= 11 is 3.24. The molecule has 0 fully saturated rings. The summed E-state index contributed by atoms with van der Waals surface area (Å²) in [6.45, 7) is 2.19. The van der Waals surface area contributed by atoms with Crippen LogP contribution in [0, 0.1) is 12.7 Å². The van der Waals surface area contributed by atoms with E-state index in [1.807, 2.05) is 25.1 Å². The van der Waals surface area contributed by atoms with Gasteiger partial charge in [0.05, 0.1) is 24.0 Å². The lowest BCUT2D eigenvalue weighted by Crippen LogP contribution is -2.27. The highest BCUT2D eigenvalue weighted by Crippen LogP contribution is 2.37. The number of ether oxygens (including phenoxy) is 2. The summed E-state index contributed by atoms with van der Waals surface area (Å²) in [6, 6.07) is 13.8. The fraction of sp³-hybridized carbons (Fsp3) is 0.136. The van der Waals surface area contributed by atoms with Crippen molar-refractivity contribution in [1.29, 1.82) is 0 Å². The second-order valence-electron chi connectivity index (χ2n) is 6.74. The van der Waals surface area contributed by atoms with E-state index < -0.39 is 5.82 Å². The molecule has 9 heteroatoms. The molecule has 0 atom stereocenters. The van der Waals surface area contributed by atoms with Gasteiger partial charge in [-0.1, -0.05) is 22.0 Å². The number of rotatable bonds is 6. The molecular formula is C22H19BrFN5O2. The molecule has 0 radical (unpaired) electrons. The molecule has 2 N–H and O–H groups in total. The van der Waals surface area contributed by atoms with Crippen LogP contribution in [0.5, 0.6) is 11.5 Å². The number of hydrogen-bond acceptors (Lipinski definition) is 7. The van der Waals surface area contributed by atoms with E-state index in [2.05, 4.69) is 30.9 Å². The van der Waals surface area contributed by atoms with Crippen molar-refractivity contribution in [1.82, 2.24) is 15.0 Å². The monoisotopic (exact) mass is 483 g/mol. The van der Waals surface area contributed by atoms with Crippen molar-refractivity contribution < 1.29 is 13.9 Å². The van der Waals surface area contributed by atoms with Crippen molar-refractivity contribution >= 4 is 38.3 Å². The standard InChI is InChI=1S/C22H19BrFN5O2/c1-13-4-3-5-15(28-13)11-31-21-10-18-16(9-20(21)30-2)22(27-12-26-18)29(25)19-7-6-14(23)8-17(19)24/h3-10,12H,11,25H2,1-2H3. The number of pyridine rings is 1. The molecule has 0 amide bonds. The molecule has 0 aliphatic carbocycles. The van der Waals surface area contributed by atoms with Gasteiger partial charge in [0.25, 0.3) is 0 Å². The lowest BCUT2D eigenvalue weighted by molar-refractivity contribution is 0.281. The van der Waals surface area contributed by atoms with E-state index in [9.17, 15) is 4.39 Å². The zero-order valence-corrected chi connectivity index (χ0v) is 18.4. The summed E-state index contributed by atoms with van der Waals surface area (Å²) in [5.41, 5.74) is 2.45. The molecule has 0 aliphatic rings.